The molecule has 2 atom stereocenters. The van der Waals surface area contributed by atoms with Crippen LogP contribution in [-0.2, 0) is 11.2 Å². The van der Waals surface area contributed by atoms with E-state index in [1.807, 2.05) is 24.0 Å². The third-order valence-electron chi connectivity index (χ3n) is 9.63. The van der Waals surface area contributed by atoms with Gasteiger partial charge in [0, 0.05) is 42.2 Å². The fourth-order valence-corrected chi connectivity index (χ4v) is 7.45. The van der Waals surface area contributed by atoms with Crippen LogP contribution in [0.25, 0.3) is 32.9 Å². The second kappa shape index (κ2) is 12.6. The van der Waals surface area contributed by atoms with Crippen molar-refractivity contribution in [2.45, 2.75) is 51.1 Å². The number of carbonyl (C=O) groups is 1. The molecule has 7 rings (SSSR count). The number of likely N-dealkylation sites (N-methyl/N-ethyl adjacent to an activating group) is 1. The highest BCUT2D eigenvalue weighted by Crippen LogP contribution is 2.47. The van der Waals surface area contributed by atoms with Gasteiger partial charge in [-0.2, -0.15) is 20.3 Å². The van der Waals surface area contributed by atoms with E-state index in [2.05, 4.69) is 34.8 Å². The molecule has 1 N–H and O–H groups in total. The van der Waals surface area contributed by atoms with Gasteiger partial charge in [-0.15, -0.1) is 0 Å². The van der Waals surface area contributed by atoms with Crippen LogP contribution in [0.3, 0.4) is 0 Å². The minimum atomic E-state index is -1.04. The average molecular weight is 659 g/mol. The summed E-state index contributed by atoms with van der Waals surface area (Å²) in [5.41, 5.74) is 5.21. The van der Waals surface area contributed by atoms with Crippen LogP contribution in [0.4, 0.5) is 10.2 Å². The summed E-state index contributed by atoms with van der Waals surface area (Å²) in [6.07, 6.45) is 5.54. The summed E-state index contributed by atoms with van der Waals surface area (Å²) in [5.74, 6) is -0.569. The number of aromatic amines is 1. The second-order valence-electron chi connectivity index (χ2n) is 12.6. The summed E-state index contributed by atoms with van der Waals surface area (Å²) in [5, 5.41) is 19.3. The number of nitrogens with zero attached hydrogens (tertiary/aromatic N) is 7. The van der Waals surface area contributed by atoms with Crippen LogP contribution < -0.4 is 14.4 Å². The van der Waals surface area contributed by atoms with Gasteiger partial charge in [-0.25, -0.2) is 4.39 Å². The van der Waals surface area contributed by atoms with Crippen molar-refractivity contribution in [3.05, 3.63) is 46.9 Å². The van der Waals surface area contributed by atoms with Crippen molar-refractivity contribution in [3.8, 4) is 29.0 Å². The monoisotopic (exact) mass is 658 g/mol. The van der Waals surface area contributed by atoms with Crippen LogP contribution in [0.15, 0.2) is 30.7 Å². The molecule has 3 aliphatic heterocycles. The summed E-state index contributed by atoms with van der Waals surface area (Å²) in [6, 6.07) is 6.10. The lowest BCUT2D eigenvalue weighted by Crippen LogP contribution is -2.55. The number of likely N-dealkylation sites (tertiary alicyclic amines) is 1. The Morgan fingerprint density at radius 2 is 2.11 bits per heavy atom. The van der Waals surface area contributed by atoms with Gasteiger partial charge in [-0.3, -0.25) is 9.89 Å². The Morgan fingerprint density at radius 1 is 1.26 bits per heavy atom. The second-order valence-corrected chi connectivity index (χ2v) is 13.0. The van der Waals surface area contributed by atoms with Crippen molar-refractivity contribution in [1.29, 1.82) is 5.26 Å². The maximum atomic E-state index is 14.0. The quantitative estimate of drug-likeness (QED) is 0.262. The van der Waals surface area contributed by atoms with Crippen LogP contribution in [-0.4, -0.2) is 94.4 Å². The number of halogens is 2. The first kappa shape index (κ1) is 31.1. The molecular weight excluding hydrogens is 623 g/mol. The zero-order valence-electron chi connectivity index (χ0n) is 26.5. The molecule has 11 nitrogen and oxygen atoms in total. The number of benzene rings is 2. The lowest BCUT2D eigenvalue weighted by Gasteiger charge is -2.41. The number of H-pyrrole nitrogens is 1. The van der Waals surface area contributed by atoms with Crippen molar-refractivity contribution < 1.29 is 18.7 Å². The maximum Gasteiger partial charge on any atom is 0.319 e. The lowest BCUT2D eigenvalue weighted by atomic mass is 9.90. The SMILES string of the molecule is C=C(F)C(=O)N1CCN(c2nc(OC[C@@H]3CCCN3C)nc3cc(-c4c(Cl)c(C)cc5[nH]ncc45)c4c(c23)OCCC4)C[C@@H]1CC#N. The predicted octanol–water partition coefficient (Wildman–Crippen LogP) is 5.35. The lowest BCUT2D eigenvalue weighted by molar-refractivity contribution is -0.131. The van der Waals surface area contributed by atoms with E-state index in [4.69, 9.17) is 31.0 Å². The molecule has 1 amide bonds. The molecule has 244 valence electrons. The van der Waals surface area contributed by atoms with E-state index >= 15 is 0 Å². The molecule has 0 bridgehead atoms. The van der Waals surface area contributed by atoms with E-state index < -0.39 is 17.8 Å². The first-order valence-electron chi connectivity index (χ1n) is 16.0. The van der Waals surface area contributed by atoms with Crippen molar-refractivity contribution in [1.82, 2.24) is 30.0 Å². The number of hydrogen-bond acceptors (Lipinski definition) is 9. The van der Waals surface area contributed by atoms with Gasteiger partial charge in [0.15, 0.2) is 5.83 Å². The average Bonchev–Trinajstić information content (AvgIpc) is 3.71. The summed E-state index contributed by atoms with van der Waals surface area (Å²) in [6.45, 7) is 7.96. The number of rotatable bonds is 7. The summed E-state index contributed by atoms with van der Waals surface area (Å²) >= 11 is 7.04. The number of carbonyl (C=O) groups excluding carboxylic acids is 1. The molecule has 0 radical (unpaired) electrons. The fourth-order valence-electron chi connectivity index (χ4n) is 7.19. The molecule has 2 aromatic heterocycles. The van der Waals surface area contributed by atoms with Crippen molar-refractivity contribution >= 4 is 45.1 Å². The first-order valence-corrected chi connectivity index (χ1v) is 16.4. The standard InChI is InChI=1S/C34H36ClFN8O3/c1-19-14-26-25(16-38-41-26)28(30(19)35)24-15-27-29(31-23(24)7-5-13-46-31)32(40-34(39-27)47-18-22-6-4-10-42(22)3)43-11-12-44(33(45)20(2)36)21(17-43)8-9-37/h14-16,21-22H,2,4-8,10-13,17-18H2,1,3H3,(H,38,41)/t21-,22-/m0/s1. The van der Waals surface area contributed by atoms with E-state index in [1.54, 1.807) is 6.20 Å². The molecule has 3 aliphatic rings. The Balaban J connectivity index is 1.40. The number of aromatic nitrogens is 4. The van der Waals surface area contributed by atoms with E-state index in [9.17, 15) is 14.4 Å². The molecule has 47 heavy (non-hydrogen) atoms. The Bertz CT molecular complexity index is 1940. The molecule has 13 heteroatoms. The van der Waals surface area contributed by atoms with Crippen LogP contribution in [0.2, 0.25) is 5.02 Å². The molecular formula is C34H36ClFN8O3. The molecule has 5 heterocycles. The topological polar surface area (TPSA) is 124 Å². The van der Waals surface area contributed by atoms with Crippen LogP contribution in [0.5, 0.6) is 11.8 Å². The number of nitrogens with one attached hydrogen (secondary N) is 1. The van der Waals surface area contributed by atoms with E-state index in [0.717, 1.165) is 70.8 Å². The van der Waals surface area contributed by atoms with E-state index in [-0.39, 0.29) is 31.6 Å². The molecule has 2 saturated heterocycles. The number of amides is 1. The van der Waals surface area contributed by atoms with Crippen LogP contribution >= 0.6 is 11.6 Å². The van der Waals surface area contributed by atoms with Gasteiger partial charge in [0.25, 0.3) is 5.91 Å². The highest BCUT2D eigenvalue weighted by atomic mass is 35.5. The van der Waals surface area contributed by atoms with E-state index in [1.165, 1.54) is 4.90 Å². The molecule has 0 unspecified atom stereocenters. The zero-order valence-corrected chi connectivity index (χ0v) is 27.2. The molecule has 0 saturated carbocycles. The van der Waals surface area contributed by atoms with Crippen LogP contribution in [0.1, 0.15) is 36.8 Å². The number of fused-ring (bicyclic) bond motifs is 4. The largest absolute Gasteiger partial charge is 0.492 e. The number of nitriles is 1. The third-order valence-corrected chi connectivity index (χ3v) is 10.1. The molecule has 2 aromatic carbocycles. The Morgan fingerprint density at radius 3 is 2.87 bits per heavy atom. The van der Waals surface area contributed by atoms with Crippen molar-refractivity contribution in [2.75, 3.05) is 51.3 Å². The van der Waals surface area contributed by atoms with Gasteiger partial charge < -0.3 is 24.2 Å². The highest BCUT2D eigenvalue weighted by Gasteiger charge is 2.35. The molecule has 0 aliphatic carbocycles. The minimum absolute atomic E-state index is 0.0290. The summed E-state index contributed by atoms with van der Waals surface area (Å²) < 4.78 is 26.7. The minimum Gasteiger partial charge on any atom is -0.492 e. The predicted molar refractivity (Wildman–Crippen MR) is 178 cm³/mol. The molecule has 2 fully saturated rings. The summed E-state index contributed by atoms with van der Waals surface area (Å²) in [4.78, 5) is 28.3. The first-order chi connectivity index (χ1) is 22.7. The maximum absolute atomic E-state index is 14.0. The van der Waals surface area contributed by atoms with Gasteiger partial charge in [-0.05, 0) is 69.5 Å². The normalized spacial score (nSPS) is 19.9. The number of ether oxygens (including phenoxy) is 2. The zero-order chi connectivity index (χ0) is 32.8. The molecule has 4 aromatic rings. The summed E-state index contributed by atoms with van der Waals surface area (Å²) in [7, 11) is 2.09. The van der Waals surface area contributed by atoms with Gasteiger partial charge in [0.1, 0.15) is 18.2 Å². The van der Waals surface area contributed by atoms with Gasteiger partial charge in [0.05, 0.1) is 52.8 Å². The van der Waals surface area contributed by atoms with Gasteiger partial charge in [-0.1, -0.05) is 18.2 Å². The number of hydrogen-bond donors (Lipinski definition) is 1. The number of piperazine rings is 1. The van der Waals surface area contributed by atoms with Gasteiger partial charge in [0.2, 0.25) is 0 Å². The third kappa shape index (κ3) is 5.61. The highest BCUT2D eigenvalue weighted by molar-refractivity contribution is 6.36. The van der Waals surface area contributed by atoms with Crippen molar-refractivity contribution in [2.24, 2.45) is 0 Å². The number of anilines is 1. The molecule has 0 spiro atoms. The van der Waals surface area contributed by atoms with Crippen molar-refractivity contribution in [3.63, 3.8) is 0 Å². The van der Waals surface area contributed by atoms with E-state index in [0.29, 0.717) is 41.9 Å². The van der Waals surface area contributed by atoms with Gasteiger partial charge >= 0.3 is 6.01 Å². The smallest absolute Gasteiger partial charge is 0.319 e. The Labute approximate surface area is 276 Å². The number of aryl methyl sites for hydroxylation is 1. The van der Waals surface area contributed by atoms with Crippen LogP contribution in [0, 0.1) is 18.3 Å². The Kier molecular flexibility index (Phi) is 8.36. The fraction of sp³-hybridized carbons (Fsp3) is 0.441. The Hall–Kier alpha value is -4.47.